The molecule has 108 valence electrons. The summed E-state index contributed by atoms with van der Waals surface area (Å²) >= 11 is 0. The number of ether oxygens (including phenoxy) is 2. The van der Waals surface area contributed by atoms with Gasteiger partial charge in [0, 0.05) is 11.6 Å². The first kappa shape index (κ1) is 12.7. The van der Waals surface area contributed by atoms with E-state index in [0.717, 1.165) is 18.1 Å². The van der Waals surface area contributed by atoms with Gasteiger partial charge in [0.2, 0.25) is 0 Å². The lowest BCUT2D eigenvalue weighted by Crippen LogP contribution is -2.24. The first-order valence-corrected chi connectivity index (χ1v) is 7.58. The van der Waals surface area contributed by atoms with Gasteiger partial charge in [-0.25, -0.2) is 0 Å². The summed E-state index contributed by atoms with van der Waals surface area (Å²) < 4.78 is 11.6. The lowest BCUT2D eigenvalue weighted by molar-refractivity contribution is 0.305. The van der Waals surface area contributed by atoms with Crippen molar-refractivity contribution < 1.29 is 9.47 Å². The van der Waals surface area contributed by atoms with Crippen molar-refractivity contribution in [3.8, 4) is 11.5 Å². The molecule has 3 heteroatoms. The smallest absolute Gasteiger partial charge is 0.124 e. The van der Waals surface area contributed by atoms with Crippen LogP contribution in [0.4, 0.5) is 0 Å². The summed E-state index contributed by atoms with van der Waals surface area (Å²) in [6.45, 7) is 1.33. The molecule has 1 saturated carbocycles. The van der Waals surface area contributed by atoms with Gasteiger partial charge < -0.3 is 14.8 Å². The van der Waals surface area contributed by atoms with Gasteiger partial charge in [-0.1, -0.05) is 30.3 Å². The first-order valence-electron chi connectivity index (χ1n) is 7.58. The number of rotatable bonds is 5. The van der Waals surface area contributed by atoms with Crippen molar-refractivity contribution in [2.24, 2.45) is 0 Å². The van der Waals surface area contributed by atoms with E-state index in [9.17, 15) is 0 Å². The Labute approximate surface area is 124 Å². The fourth-order valence-corrected chi connectivity index (χ4v) is 2.70. The number of hydrogen-bond acceptors (Lipinski definition) is 3. The van der Waals surface area contributed by atoms with Crippen LogP contribution in [0.25, 0.3) is 0 Å². The van der Waals surface area contributed by atoms with Gasteiger partial charge in [0.05, 0.1) is 6.04 Å². The minimum Gasteiger partial charge on any atom is -0.491 e. The predicted octanol–water partition coefficient (Wildman–Crippen LogP) is 3.45. The average molecular weight is 281 g/mol. The van der Waals surface area contributed by atoms with Crippen molar-refractivity contribution in [1.29, 1.82) is 0 Å². The van der Waals surface area contributed by atoms with Crippen LogP contribution in [0.2, 0.25) is 0 Å². The SMILES string of the molecule is c1ccc(COc2ccc3c(c2)C(NC2CC2)CO3)cc1. The molecule has 0 radical (unpaired) electrons. The fourth-order valence-electron chi connectivity index (χ4n) is 2.70. The van der Waals surface area contributed by atoms with E-state index < -0.39 is 0 Å². The molecule has 0 aromatic heterocycles. The maximum atomic E-state index is 5.90. The number of benzene rings is 2. The molecule has 3 nitrogen and oxygen atoms in total. The molecule has 1 aliphatic heterocycles. The molecule has 0 spiro atoms. The molecule has 2 aromatic rings. The van der Waals surface area contributed by atoms with Crippen LogP contribution in [0, 0.1) is 0 Å². The van der Waals surface area contributed by atoms with Crippen LogP contribution in [0.3, 0.4) is 0 Å². The van der Waals surface area contributed by atoms with Gasteiger partial charge in [0.1, 0.15) is 24.7 Å². The quantitative estimate of drug-likeness (QED) is 0.910. The average Bonchev–Trinajstić information content (AvgIpc) is 3.26. The summed E-state index contributed by atoms with van der Waals surface area (Å²) in [5.74, 6) is 1.89. The Balaban J connectivity index is 1.46. The molecule has 21 heavy (non-hydrogen) atoms. The van der Waals surface area contributed by atoms with Gasteiger partial charge in [-0.05, 0) is 36.6 Å². The third kappa shape index (κ3) is 2.88. The van der Waals surface area contributed by atoms with Gasteiger partial charge in [-0.2, -0.15) is 0 Å². The topological polar surface area (TPSA) is 30.5 Å². The molecule has 4 rings (SSSR count). The van der Waals surface area contributed by atoms with Crippen LogP contribution in [0.1, 0.15) is 30.0 Å². The van der Waals surface area contributed by atoms with Gasteiger partial charge in [-0.15, -0.1) is 0 Å². The van der Waals surface area contributed by atoms with E-state index >= 15 is 0 Å². The third-order valence-electron chi connectivity index (χ3n) is 4.02. The van der Waals surface area contributed by atoms with E-state index in [1.807, 2.05) is 30.3 Å². The first-order chi connectivity index (χ1) is 10.4. The van der Waals surface area contributed by atoms with E-state index in [1.165, 1.54) is 24.0 Å². The fraction of sp³-hybridized carbons (Fsp3) is 0.333. The predicted molar refractivity (Wildman–Crippen MR) is 81.6 cm³/mol. The largest absolute Gasteiger partial charge is 0.491 e. The summed E-state index contributed by atoms with van der Waals surface area (Å²) in [6, 6.07) is 17.4. The number of fused-ring (bicyclic) bond motifs is 1. The van der Waals surface area contributed by atoms with E-state index in [0.29, 0.717) is 18.7 Å². The molecule has 2 aliphatic rings. The lowest BCUT2D eigenvalue weighted by atomic mass is 10.1. The van der Waals surface area contributed by atoms with Crippen LogP contribution < -0.4 is 14.8 Å². The van der Waals surface area contributed by atoms with E-state index in [-0.39, 0.29) is 0 Å². The molecule has 1 fully saturated rings. The van der Waals surface area contributed by atoms with E-state index in [4.69, 9.17) is 9.47 Å². The number of nitrogens with one attached hydrogen (secondary N) is 1. The minimum atomic E-state index is 0.313. The Morgan fingerprint density at radius 2 is 1.95 bits per heavy atom. The molecule has 1 aliphatic carbocycles. The Morgan fingerprint density at radius 1 is 1.10 bits per heavy atom. The zero-order chi connectivity index (χ0) is 14.1. The molecule has 2 aromatic carbocycles. The number of hydrogen-bond donors (Lipinski definition) is 1. The molecular formula is C18H19NO2. The van der Waals surface area contributed by atoms with E-state index in [1.54, 1.807) is 0 Å². The van der Waals surface area contributed by atoms with Gasteiger partial charge in [0.25, 0.3) is 0 Å². The van der Waals surface area contributed by atoms with Crippen LogP contribution in [0.5, 0.6) is 11.5 Å². The second-order valence-corrected chi connectivity index (χ2v) is 5.78. The monoisotopic (exact) mass is 281 g/mol. The Hall–Kier alpha value is -2.00. The zero-order valence-electron chi connectivity index (χ0n) is 11.9. The third-order valence-corrected chi connectivity index (χ3v) is 4.02. The summed E-state index contributed by atoms with van der Waals surface area (Å²) in [7, 11) is 0. The summed E-state index contributed by atoms with van der Waals surface area (Å²) in [4.78, 5) is 0. The Morgan fingerprint density at radius 3 is 2.76 bits per heavy atom. The molecule has 1 atom stereocenters. The Kier molecular flexibility index (Phi) is 3.28. The Bertz CT molecular complexity index is 622. The molecule has 1 unspecified atom stereocenters. The molecule has 0 bridgehead atoms. The van der Waals surface area contributed by atoms with Crippen molar-refractivity contribution in [2.45, 2.75) is 31.5 Å². The second kappa shape index (κ2) is 5.41. The second-order valence-electron chi connectivity index (χ2n) is 5.78. The van der Waals surface area contributed by atoms with Crippen molar-refractivity contribution >= 4 is 0 Å². The zero-order valence-corrected chi connectivity index (χ0v) is 11.9. The van der Waals surface area contributed by atoms with Crippen molar-refractivity contribution in [3.63, 3.8) is 0 Å². The summed E-state index contributed by atoms with van der Waals surface area (Å²) in [5, 5.41) is 3.63. The maximum absolute atomic E-state index is 5.90. The molecule has 1 N–H and O–H groups in total. The molecule has 1 heterocycles. The van der Waals surface area contributed by atoms with Crippen LogP contribution in [-0.4, -0.2) is 12.6 Å². The van der Waals surface area contributed by atoms with Crippen LogP contribution in [0.15, 0.2) is 48.5 Å². The minimum absolute atomic E-state index is 0.313. The lowest BCUT2D eigenvalue weighted by Gasteiger charge is -2.12. The summed E-state index contributed by atoms with van der Waals surface area (Å²) in [5.41, 5.74) is 2.41. The van der Waals surface area contributed by atoms with Gasteiger partial charge in [-0.3, -0.25) is 0 Å². The highest BCUT2D eigenvalue weighted by atomic mass is 16.5. The molecular weight excluding hydrogens is 262 g/mol. The highest BCUT2D eigenvalue weighted by Crippen LogP contribution is 2.37. The molecule has 0 amide bonds. The highest BCUT2D eigenvalue weighted by Gasteiger charge is 2.30. The summed E-state index contributed by atoms with van der Waals surface area (Å²) in [6.07, 6.45) is 2.58. The van der Waals surface area contributed by atoms with Gasteiger partial charge in [0.15, 0.2) is 0 Å². The van der Waals surface area contributed by atoms with E-state index in [2.05, 4.69) is 23.5 Å². The molecule has 0 saturated heterocycles. The standard InChI is InChI=1S/C18H19NO2/c1-2-4-13(5-3-1)11-20-15-8-9-18-16(10-15)17(12-21-18)19-14-6-7-14/h1-5,8-10,14,17,19H,6-7,11-12H2. The van der Waals surface area contributed by atoms with Crippen molar-refractivity contribution in [3.05, 3.63) is 59.7 Å². The highest BCUT2D eigenvalue weighted by molar-refractivity contribution is 5.45. The normalized spacial score (nSPS) is 19.9. The van der Waals surface area contributed by atoms with Crippen molar-refractivity contribution in [1.82, 2.24) is 5.32 Å². The van der Waals surface area contributed by atoms with Gasteiger partial charge >= 0.3 is 0 Å². The van der Waals surface area contributed by atoms with Crippen LogP contribution in [-0.2, 0) is 6.61 Å². The van der Waals surface area contributed by atoms with Crippen molar-refractivity contribution in [2.75, 3.05) is 6.61 Å². The van der Waals surface area contributed by atoms with Crippen LogP contribution >= 0.6 is 0 Å². The maximum Gasteiger partial charge on any atom is 0.124 e.